The standard InChI is InChI=1S/C25H21ClF2N2O3/c1-2-32-25(31)23-13-29-12-22(30-23)19-5-3-4-18(19)20-10-16(26)7-9-24(20)33-14-15-6-8-17(27)11-21(15)28/h6-13H,2-5,14H2,1H3. The predicted octanol–water partition coefficient (Wildman–Crippen LogP) is 6.26. The van der Waals surface area contributed by atoms with Gasteiger partial charge in [0.25, 0.3) is 0 Å². The zero-order chi connectivity index (χ0) is 23.4. The summed E-state index contributed by atoms with van der Waals surface area (Å²) in [5, 5.41) is 0.524. The summed E-state index contributed by atoms with van der Waals surface area (Å²) in [6.45, 7) is 1.91. The number of carbonyl (C=O) groups excluding carboxylic acids is 1. The van der Waals surface area contributed by atoms with E-state index in [9.17, 15) is 13.6 Å². The lowest BCUT2D eigenvalue weighted by molar-refractivity contribution is 0.0518. The topological polar surface area (TPSA) is 61.3 Å². The first-order valence-electron chi connectivity index (χ1n) is 10.5. The number of carbonyl (C=O) groups is 1. The molecule has 8 heteroatoms. The number of nitrogens with zero attached hydrogens (tertiary/aromatic N) is 2. The highest BCUT2D eigenvalue weighted by molar-refractivity contribution is 6.30. The van der Waals surface area contributed by atoms with E-state index < -0.39 is 17.6 Å². The van der Waals surface area contributed by atoms with Crippen LogP contribution in [-0.4, -0.2) is 22.5 Å². The van der Waals surface area contributed by atoms with Gasteiger partial charge in [-0.25, -0.2) is 18.6 Å². The van der Waals surface area contributed by atoms with E-state index in [1.165, 1.54) is 18.3 Å². The Labute approximate surface area is 195 Å². The molecule has 0 aliphatic heterocycles. The minimum atomic E-state index is -0.669. The number of hydrogen-bond acceptors (Lipinski definition) is 5. The third-order valence-electron chi connectivity index (χ3n) is 5.31. The van der Waals surface area contributed by atoms with Crippen molar-refractivity contribution >= 4 is 28.7 Å². The van der Waals surface area contributed by atoms with Crippen molar-refractivity contribution in [3.63, 3.8) is 0 Å². The normalized spacial score (nSPS) is 13.3. The molecule has 1 aromatic heterocycles. The number of aromatic nitrogens is 2. The maximum Gasteiger partial charge on any atom is 0.358 e. The summed E-state index contributed by atoms with van der Waals surface area (Å²) >= 11 is 6.28. The molecular formula is C25H21ClF2N2O3. The summed E-state index contributed by atoms with van der Waals surface area (Å²) in [4.78, 5) is 20.7. The van der Waals surface area contributed by atoms with Crippen molar-refractivity contribution in [2.45, 2.75) is 32.8 Å². The highest BCUT2D eigenvalue weighted by Crippen LogP contribution is 2.43. The first-order valence-corrected chi connectivity index (χ1v) is 10.9. The van der Waals surface area contributed by atoms with Crippen molar-refractivity contribution in [1.29, 1.82) is 0 Å². The lowest BCUT2D eigenvalue weighted by atomic mass is 9.99. The Morgan fingerprint density at radius 1 is 1.09 bits per heavy atom. The van der Waals surface area contributed by atoms with E-state index in [-0.39, 0.29) is 24.5 Å². The van der Waals surface area contributed by atoms with Crippen LogP contribution in [-0.2, 0) is 11.3 Å². The summed E-state index contributed by atoms with van der Waals surface area (Å²) in [5.41, 5.74) is 3.65. The Kier molecular flexibility index (Phi) is 6.99. The van der Waals surface area contributed by atoms with Crippen LogP contribution in [0.15, 0.2) is 48.8 Å². The monoisotopic (exact) mass is 470 g/mol. The quantitative estimate of drug-likeness (QED) is 0.381. The Morgan fingerprint density at radius 3 is 2.70 bits per heavy atom. The van der Waals surface area contributed by atoms with Gasteiger partial charge in [0.15, 0.2) is 5.69 Å². The maximum absolute atomic E-state index is 14.1. The number of halogens is 3. The minimum absolute atomic E-state index is 0.0679. The number of esters is 1. The lowest BCUT2D eigenvalue weighted by Crippen LogP contribution is -2.09. The highest BCUT2D eigenvalue weighted by Gasteiger charge is 2.23. The van der Waals surface area contributed by atoms with Crippen LogP contribution in [0, 0.1) is 11.6 Å². The molecule has 0 spiro atoms. The molecule has 0 radical (unpaired) electrons. The molecule has 0 amide bonds. The van der Waals surface area contributed by atoms with E-state index in [0.717, 1.165) is 42.0 Å². The second kappa shape index (κ2) is 10.1. The van der Waals surface area contributed by atoms with Gasteiger partial charge < -0.3 is 9.47 Å². The predicted molar refractivity (Wildman–Crippen MR) is 121 cm³/mol. The van der Waals surface area contributed by atoms with Gasteiger partial charge in [-0.15, -0.1) is 0 Å². The molecule has 33 heavy (non-hydrogen) atoms. The number of allylic oxidation sites excluding steroid dienone is 2. The SMILES string of the molecule is CCOC(=O)c1cncc(C2=C(c3cc(Cl)ccc3OCc3ccc(F)cc3F)CCC2)n1. The van der Waals surface area contributed by atoms with Crippen molar-refractivity contribution in [2.75, 3.05) is 6.61 Å². The molecular weight excluding hydrogens is 450 g/mol. The van der Waals surface area contributed by atoms with Crippen LogP contribution in [0.2, 0.25) is 5.02 Å². The average molecular weight is 471 g/mol. The minimum Gasteiger partial charge on any atom is -0.488 e. The van der Waals surface area contributed by atoms with Crippen molar-refractivity contribution in [2.24, 2.45) is 0 Å². The van der Waals surface area contributed by atoms with E-state index in [1.807, 2.05) is 0 Å². The molecule has 0 atom stereocenters. The molecule has 0 unspecified atom stereocenters. The van der Waals surface area contributed by atoms with Crippen molar-refractivity contribution < 1.29 is 23.0 Å². The molecule has 4 rings (SSSR count). The maximum atomic E-state index is 14.1. The molecule has 1 aliphatic carbocycles. The van der Waals surface area contributed by atoms with Crippen molar-refractivity contribution in [1.82, 2.24) is 9.97 Å². The molecule has 0 saturated heterocycles. The fourth-order valence-corrected chi connectivity index (χ4v) is 3.97. The summed E-state index contributed by atoms with van der Waals surface area (Å²) in [6, 6.07) is 8.59. The molecule has 1 aliphatic rings. The van der Waals surface area contributed by atoms with Crippen LogP contribution in [0.3, 0.4) is 0 Å². The Balaban J connectivity index is 1.69. The van der Waals surface area contributed by atoms with Crippen molar-refractivity contribution in [3.05, 3.63) is 88.0 Å². The van der Waals surface area contributed by atoms with Gasteiger partial charge in [-0.05, 0) is 67.7 Å². The van der Waals surface area contributed by atoms with Crippen LogP contribution >= 0.6 is 11.6 Å². The van der Waals surface area contributed by atoms with E-state index in [2.05, 4.69) is 9.97 Å². The van der Waals surface area contributed by atoms with Gasteiger partial charge >= 0.3 is 5.97 Å². The second-order valence-corrected chi connectivity index (χ2v) is 7.92. The molecule has 5 nitrogen and oxygen atoms in total. The number of rotatable bonds is 7. The van der Waals surface area contributed by atoms with Gasteiger partial charge in [0, 0.05) is 22.2 Å². The van der Waals surface area contributed by atoms with Crippen molar-refractivity contribution in [3.8, 4) is 5.75 Å². The summed E-state index contributed by atoms with van der Waals surface area (Å²) in [6.07, 6.45) is 5.37. The molecule has 1 heterocycles. The van der Waals surface area contributed by atoms with Gasteiger partial charge in [-0.2, -0.15) is 0 Å². The second-order valence-electron chi connectivity index (χ2n) is 7.49. The summed E-state index contributed by atoms with van der Waals surface area (Å²) < 4.78 is 38.2. The van der Waals surface area contributed by atoms with E-state index in [1.54, 1.807) is 31.3 Å². The fraction of sp³-hybridized carbons (Fsp3) is 0.240. The molecule has 0 N–H and O–H groups in total. The summed E-state index contributed by atoms with van der Waals surface area (Å²) in [7, 11) is 0. The zero-order valence-electron chi connectivity index (χ0n) is 17.9. The van der Waals surface area contributed by atoms with E-state index in [4.69, 9.17) is 21.1 Å². The fourth-order valence-electron chi connectivity index (χ4n) is 3.80. The van der Waals surface area contributed by atoms with Crippen LogP contribution in [0.5, 0.6) is 5.75 Å². The first-order chi connectivity index (χ1) is 16.0. The molecule has 0 fully saturated rings. The molecule has 0 saturated carbocycles. The van der Waals surface area contributed by atoms with Gasteiger partial charge in [0.05, 0.1) is 24.7 Å². The number of hydrogen-bond donors (Lipinski definition) is 0. The van der Waals surface area contributed by atoms with E-state index >= 15 is 0 Å². The van der Waals surface area contributed by atoms with Gasteiger partial charge in [0.2, 0.25) is 0 Å². The van der Waals surface area contributed by atoms with Crippen LogP contribution in [0.25, 0.3) is 11.1 Å². The highest BCUT2D eigenvalue weighted by atomic mass is 35.5. The molecule has 3 aromatic rings. The Hall–Kier alpha value is -3.32. The van der Waals surface area contributed by atoms with E-state index in [0.29, 0.717) is 16.5 Å². The van der Waals surface area contributed by atoms with Gasteiger partial charge in [0.1, 0.15) is 24.0 Å². The first kappa shape index (κ1) is 22.9. The van der Waals surface area contributed by atoms with Crippen LogP contribution < -0.4 is 4.74 Å². The molecule has 170 valence electrons. The third-order valence-corrected chi connectivity index (χ3v) is 5.55. The average Bonchev–Trinajstić information content (AvgIpc) is 3.29. The lowest BCUT2D eigenvalue weighted by Gasteiger charge is -2.15. The van der Waals surface area contributed by atoms with Gasteiger partial charge in [-0.1, -0.05) is 11.6 Å². The Morgan fingerprint density at radius 2 is 1.91 bits per heavy atom. The zero-order valence-corrected chi connectivity index (χ0v) is 18.7. The molecule has 0 bridgehead atoms. The number of ether oxygens (including phenoxy) is 2. The summed E-state index contributed by atoms with van der Waals surface area (Å²) in [5.74, 6) is -1.32. The van der Waals surface area contributed by atoms with Crippen LogP contribution in [0.4, 0.5) is 8.78 Å². The largest absolute Gasteiger partial charge is 0.488 e. The van der Waals surface area contributed by atoms with Gasteiger partial charge in [-0.3, -0.25) is 4.98 Å². The van der Waals surface area contributed by atoms with Crippen LogP contribution in [0.1, 0.15) is 53.5 Å². The third kappa shape index (κ3) is 5.20. The number of benzene rings is 2. The Bertz CT molecular complexity index is 1230. The molecule has 2 aromatic carbocycles. The smallest absolute Gasteiger partial charge is 0.358 e.